The number of nitrogens with zero attached hydrogens (tertiary/aromatic N) is 2. The van der Waals surface area contributed by atoms with Gasteiger partial charge in [0.25, 0.3) is 0 Å². The van der Waals surface area contributed by atoms with Crippen LogP contribution in [0.5, 0.6) is 0 Å². The standard InChI is InChI=1S/C14H17ClN2/c1-3-8-17(2)14-9-11(10-15)12-6-4-5-7-13(12)16-14/h4-7,9H,3,8,10H2,1-2H3. The number of para-hydroxylation sites is 1. The van der Waals surface area contributed by atoms with E-state index in [2.05, 4.69) is 36.0 Å². The van der Waals surface area contributed by atoms with Gasteiger partial charge in [0.15, 0.2) is 0 Å². The summed E-state index contributed by atoms with van der Waals surface area (Å²) in [7, 11) is 2.07. The summed E-state index contributed by atoms with van der Waals surface area (Å²) < 4.78 is 0. The van der Waals surface area contributed by atoms with Gasteiger partial charge in [0.1, 0.15) is 5.82 Å². The molecule has 0 amide bonds. The van der Waals surface area contributed by atoms with Crippen molar-refractivity contribution in [1.29, 1.82) is 0 Å². The van der Waals surface area contributed by atoms with Crippen LogP contribution in [0.3, 0.4) is 0 Å². The van der Waals surface area contributed by atoms with Gasteiger partial charge in [-0.05, 0) is 24.1 Å². The molecule has 2 nitrogen and oxygen atoms in total. The van der Waals surface area contributed by atoms with Gasteiger partial charge in [0, 0.05) is 24.9 Å². The Hall–Kier alpha value is -1.28. The zero-order valence-corrected chi connectivity index (χ0v) is 11.0. The van der Waals surface area contributed by atoms with Crippen molar-refractivity contribution in [2.24, 2.45) is 0 Å². The quantitative estimate of drug-likeness (QED) is 0.765. The van der Waals surface area contributed by atoms with Gasteiger partial charge in [-0.2, -0.15) is 0 Å². The molecule has 0 aliphatic heterocycles. The summed E-state index contributed by atoms with van der Waals surface area (Å²) in [5, 5.41) is 1.15. The molecule has 0 aliphatic carbocycles. The van der Waals surface area contributed by atoms with Crippen molar-refractivity contribution < 1.29 is 0 Å². The summed E-state index contributed by atoms with van der Waals surface area (Å²) in [5.41, 5.74) is 2.17. The lowest BCUT2D eigenvalue weighted by Crippen LogP contribution is -2.19. The number of hydrogen-bond donors (Lipinski definition) is 0. The van der Waals surface area contributed by atoms with E-state index >= 15 is 0 Å². The molecular formula is C14H17ClN2. The van der Waals surface area contributed by atoms with Crippen LogP contribution in [0.4, 0.5) is 5.82 Å². The van der Waals surface area contributed by atoms with Crippen LogP contribution in [0.2, 0.25) is 0 Å². The van der Waals surface area contributed by atoms with E-state index in [1.165, 1.54) is 0 Å². The lowest BCUT2D eigenvalue weighted by atomic mass is 10.1. The SMILES string of the molecule is CCCN(C)c1cc(CCl)c2ccccc2n1. The third-order valence-electron chi connectivity index (χ3n) is 2.88. The highest BCUT2D eigenvalue weighted by Gasteiger charge is 2.07. The second-order valence-electron chi connectivity index (χ2n) is 4.21. The highest BCUT2D eigenvalue weighted by atomic mass is 35.5. The highest BCUT2D eigenvalue weighted by Crippen LogP contribution is 2.23. The minimum absolute atomic E-state index is 0.524. The number of rotatable bonds is 4. The summed E-state index contributed by atoms with van der Waals surface area (Å²) in [4.78, 5) is 6.84. The fraction of sp³-hybridized carbons (Fsp3) is 0.357. The average Bonchev–Trinajstić information content (AvgIpc) is 2.37. The van der Waals surface area contributed by atoms with Crippen LogP contribution in [0.1, 0.15) is 18.9 Å². The Morgan fingerprint density at radius 3 is 2.76 bits per heavy atom. The van der Waals surface area contributed by atoms with Crippen LogP contribution in [0.15, 0.2) is 30.3 Å². The molecule has 1 heterocycles. The van der Waals surface area contributed by atoms with Gasteiger partial charge in [-0.15, -0.1) is 11.6 Å². The smallest absolute Gasteiger partial charge is 0.129 e. The first kappa shape index (κ1) is 12.2. The molecule has 90 valence electrons. The van der Waals surface area contributed by atoms with E-state index in [1.807, 2.05) is 18.2 Å². The largest absolute Gasteiger partial charge is 0.360 e. The first-order chi connectivity index (χ1) is 8.26. The number of pyridine rings is 1. The Labute approximate surface area is 107 Å². The van der Waals surface area contributed by atoms with Crippen molar-refractivity contribution in [3.8, 4) is 0 Å². The molecule has 1 aromatic carbocycles. The first-order valence-electron chi connectivity index (χ1n) is 5.92. The van der Waals surface area contributed by atoms with Gasteiger partial charge in [-0.25, -0.2) is 4.98 Å². The Kier molecular flexibility index (Phi) is 3.85. The van der Waals surface area contributed by atoms with Crippen LogP contribution in [0, 0.1) is 0 Å². The molecule has 2 rings (SSSR count). The van der Waals surface area contributed by atoms with Crippen LogP contribution >= 0.6 is 11.6 Å². The molecule has 0 aliphatic rings. The molecule has 0 unspecified atom stereocenters. The second-order valence-corrected chi connectivity index (χ2v) is 4.48. The van der Waals surface area contributed by atoms with E-state index in [0.29, 0.717) is 5.88 Å². The van der Waals surface area contributed by atoms with Crippen molar-refractivity contribution in [3.05, 3.63) is 35.9 Å². The number of alkyl halides is 1. The predicted octanol–water partition coefficient (Wildman–Crippen LogP) is 3.82. The maximum absolute atomic E-state index is 6.01. The molecule has 0 N–H and O–H groups in total. The summed E-state index contributed by atoms with van der Waals surface area (Å²) in [6.45, 7) is 3.17. The third kappa shape index (κ3) is 2.52. The highest BCUT2D eigenvalue weighted by molar-refractivity contribution is 6.18. The Bertz CT molecular complexity index is 511. The lowest BCUT2D eigenvalue weighted by molar-refractivity contribution is 0.839. The van der Waals surface area contributed by atoms with Crippen molar-refractivity contribution in [3.63, 3.8) is 0 Å². The van der Waals surface area contributed by atoms with Gasteiger partial charge in [-0.1, -0.05) is 25.1 Å². The summed E-state index contributed by atoms with van der Waals surface area (Å²) >= 11 is 6.01. The zero-order valence-electron chi connectivity index (χ0n) is 10.3. The van der Waals surface area contributed by atoms with Gasteiger partial charge in [0.05, 0.1) is 5.52 Å². The van der Waals surface area contributed by atoms with E-state index < -0.39 is 0 Å². The van der Waals surface area contributed by atoms with Gasteiger partial charge in [-0.3, -0.25) is 0 Å². The molecule has 3 heteroatoms. The molecule has 0 bridgehead atoms. The van der Waals surface area contributed by atoms with E-state index in [-0.39, 0.29) is 0 Å². The van der Waals surface area contributed by atoms with Crippen LogP contribution in [-0.2, 0) is 5.88 Å². The normalized spacial score (nSPS) is 10.8. The van der Waals surface area contributed by atoms with Crippen molar-refractivity contribution in [2.75, 3.05) is 18.5 Å². The summed E-state index contributed by atoms with van der Waals surface area (Å²) in [6, 6.07) is 10.2. The summed E-state index contributed by atoms with van der Waals surface area (Å²) in [5.74, 6) is 1.52. The maximum atomic E-state index is 6.01. The van der Waals surface area contributed by atoms with E-state index in [9.17, 15) is 0 Å². The fourth-order valence-corrected chi connectivity index (χ4v) is 2.21. The number of fused-ring (bicyclic) bond motifs is 1. The molecule has 17 heavy (non-hydrogen) atoms. The minimum Gasteiger partial charge on any atom is -0.360 e. The molecule has 0 radical (unpaired) electrons. The number of benzene rings is 1. The number of hydrogen-bond acceptors (Lipinski definition) is 2. The molecule has 1 aromatic heterocycles. The monoisotopic (exact) mass is 248 g/mol. The lowest BCUT2D eigenvalue weighted by Gasteiger charge is -2.18. The molecule has 2 aromatic rings. The maximum Gasteiger partial charge on any atom is 0.129 e. The second kappa shape index (κ2) is 5.37. The predicted molar refractivity (Wildman–Crippen MR) is 74.9 cm³/mol. The molecule has 0 saturated carbocycles. The summed E-state index contributed by atoms with van der Waals surface area (Å²) in [6.07, 6.45) is 1.11. The van der Waals surface area contributed by atoms with Crippen molar-refractivity contribution in [1.82, 2.24) is 4.98 Å². The zero-order chi connectivity index (χ0) is 12.3. The Morgan fingerprint density at radius 2 is 2.06 bits per heavy atom. The number of anilines is 1. The number of halogens is 1. The van der Waals surface area contributed by atoms with Crippen LogP contribution < -0.4 is 4.90 Å². The van der Waals surface area contributed by atoms with Crippen molar-refractivity contribution in [2.45, 2.75) is 19.2 Å². The molecule has 0 atom stereocenters. The first-order valence-corrected chi connectivity index (χ1v) is 6.45. The molecule has 0 fully saturated rings. The molecular weight excluding hydrogens is 232 g/mol. The van der Waals surface area contributed by atoms with Crippen molar-refractivity contribution >= 4 is 28.3 Å². The Balaban J connectivity index is 2.52. The van der Waals surface area contributed by atoms with E-state index in [0.717, 1.165) is 35.2 Å². The van der Waals surface area contributed by atoms with E-state index in [4.69, 9.17) is 11.6 Å². The molecule has 0 saturated heterocycles. The third-order valence-corrected chi connectivity index (χ3v) is 3.17. The number of aromatic nitrogens is 1. The molecule has 0 spiro atoms. The minimum atomic E-state index is 0.524. The Morgan fingerprint density at radius 1 is 1.29 bits per heavy atom. The van der Waals surface area contributed by atoms with Crippen LogP contribution in [-0.4, -0.2) is 18.6 Å². The van der Waals surface area contributed by atoms with E-state index in [1.54, 1.807) is 0 Å². The van der Waals surface area contributed by atoms with Gasteiger partial charge < -0.3 is 4.90 Å². The van der Waals surface area contributed by atoms with Crippen LogP contribution in [0.25, 0.3) is 10.9 Å². The average molecular weight is 249 g/mol. The fourth-order valence-electron chi connectivity index (χ4n) is 1.99. The van der Waals surface area contributed by atoms with Gasteiger partial charge >= 0.3 is 0 Å². The topological polar surface area (TPSA) is 16.1 Å². The van der Waals surface area contributed by atoms with Gasteiger partial charge in [0.2, 0.25) is 0 Å².